The molecule has 0 saturated heterocycles. The van der Waals surface area contributed by atoms with Crippen LogP contribution < -0.4 is 4.72 Å². The second-order valence-corrected chi connectivity index (χ2v) is 6.71. The van der Waals surface area contributed by atoms with Crippen molar-refractivity contribution in [1.82, 2.24) is 9.71 Å². The summed E-state index contributed by atoms with van der Waals surface area (Å²) in [6.45, 7) is 3.84. The summed E-state index contributed by atoms with van der Waals surface area (Å²) in [6.07, 6.45) is 1.20. The first-order chi connectivity index (χ1) is 8.49. The Bertz CT molecular complexity index is 520. The number of rotatable bonds is 6. The maximum absolute atomic E-state index is 12.0. The zero-order chi connectivity index (χ0) is 13.6. The van der Waals surface area contributed by atoms with Crippen LogP contribution >= 0.6 is 11.8 Å². The molecule has 0 aromatic carbocycles. The molecule has 18 heavy (non-hydrogen) atoms. The summed E-state index contributed by atoms with van der Waals surface area (Å²) in [7, 11) is -3.55. The van der Waals surface area contributed by atoms with Crippen LogP contribution in [0.2, 0.25) is 0 Å². The van der Waals surface area contributed by atoms with Crippen LogP contribution in [0.15, 0.2) is 23.2 Å². The van der Waals surface area contributed by atoms with Crippen molar-refractivity contribution in [2.75, 3.05) is 11.5 Å². The molecule has 0 spiro atoms. The van der Waals surface area contributed by atoms with Gasteiger partial charge in [0.05, 0.1) is 0 Å². The second-order valence-electron chi connectivity index (χ2n) is 3.67. The molecule has 1 heterocycles. The number of thioether (sulfide) groups is 1. The van der Waals surface area contributed by atoms with Crippen molar-refractivity contribution in [3.05, 3.63) is 24.0 Å². The Labute approximate surface area is 112 Å². The molecule has 0 aliphatic carbocycles. The minimum Gasteiger partial charge on any atom is -0.244 e. The Kier molecular flexibility index (Phi) is 5.59. The Morgan fingerprint density at radius 3 is 2.78 bits per heavy atom. The number of aromatic nitrogens is 1. The summed E-state index contributed by atoms with van der Waals surface area (Å²) < 4.78 is 26.5. The lowest BCUT2D eigenvalue weighted by molar-refractivity contribution is 0.570. The molecule has 0 amide bonds. The van der Waals surface area contributed by atoms with Crippen molar-refractivity contribution in [1.29, 1.82) is 5.26 Å². The van der Waals surface area contributed by atoms with Gasteiger partial charge in [-0.2, -0.15) is 17.0 Å². The van der Waals surface area contributed by atoms with Gasteiger partial charge in [0.1, 0.15) is 16.7 Å². The smallest absolute Gasteiger partial charge is 0.242 e. The fourth-order valence-corrected chi connectivity index (χ4v) is 3.23. The van der Waals surface area contributed by atoms with Crippen LogP contribution in [-0.2, 0) is 10.0 Å². The highest BCUT2D eigenvalue weighted by Gasteiger charge is 2.17. The molecule has 7 heteroatoms. The topological polar surface area (TPSA) is 82.9 Å². The summed E-state index contributed by atoms with van der Waals surface area (Å²) in [5.41, 5.74) is 0.198. The second kappa shape index (κ2) is 6.73. The van der Waals surface area contributed by atoms with E-state index in [2.05, 4.69) is 9.71 Å². The molecule has 1 N–H and O–H groups in total. The fourth-order valence-electron chi connectivity index (χ4n) is 1.27. The number of nitriles is 1. The van der Waals surface area contributed by atoms with Crippen LogP contribution in [0, 0.1) is 11.3 Å². The highest BCUT2D eigenvalue weighted by Crippen LogP contribution is 2.10. The van der Waals surface area contributed by atoms with Gasteiger partial charge in [0, 0.05) is 18.0 Å². The molecule has 0 radical (unpaired) electrons. The average molecular weight is 285 g/mol. The minimum absolute atomic E-state index is 0.0786. The predicted molar refractivity (Wildman–Crippen MR) is 71.7 cm³/mol. The van der Waals surface area contributed by atoms with E-state index >= 15 is 0 Å². The van der Waals surface area contributed by atoms with E-state index in [1.807, 2.05) is 19.9 Å². The largest absolute Gasteiger partial charge is 0.244 e. The number of nitrogens with one attached hydrogen (secondary N) is 1. The maximum Gasteiger partial charge on any atom is 0.242 e. The van der Waals surface area contributed by atoms with E-state index in [1.165, 1.54) is 18.3 Å². The molecule has 1 aromatic rings. The monoisotopic (exact) mass is 285 g/mol. The molecule has 1 atom stereocenters. The van der Waals surface area contributed by atoms with Gasteiger partial charge in [-0.3, -0.25) is 0 Å². The molecule has 1 rings (SSSR count). The average Bonchev–Trinajstić information content (AvgIpc) is 2.36. The van der Waals surface area contributed by atoms with Crippen molar-refractivity contribution in [2.24, 2.45) is 0 Å². The minimum atomic E-state index is -3.55. The van der Waals surface area contributed by atoms with Gasteiger partial charge in [-0.15, -0.1) is 0 Å². The van der Waals surface area contributed by atoms with Crippen molar-refractivity contribution in [3.63, 3.8) is 0 Å². The third-order valence-corrected chi connectivity index (χ3v) is 4.81. The van der Waals surface area contributed by atoms with Crippen LogP contribution in [-0.4, -0.2) is 30.9 Å². The number of nitrogens with zero attached hydrogens (tertiary/aromatic N) is 2. The van der Waals surface area contributed by atoms with Crippen LogP contribution in [0.3, 0.4) is 0 Å². The van der Waals surface area contributed by atoms with Crippen molar-refractivity contribution < 1.29 is 8.42 Å². The number of pyridine rings is 1. The van der Waals surface area contributed by atoms with Crippen LogP contribution in [0.5, 0.6) is 0 Å². The zero-order valence-electron chi connectivity index (χ0n) is 10.3. The Hall–Kier alpha value is -1.10. The summed E-state index contributed by atoms with van der Waals surface area (Å²) in [4.78, 5) is 3.83. The molecule has 0 saturated carbocycles. The van der Waals surface area contributed by atoms with Gasteiger partial charge in [0.15, 0.2) is 0 Å². The highest BCUT2D eigenvalue weighted by atomic mass is 32.2. The van der Waals surface area contributed by atoms with E-state index in [-0.39, 0.29) is 16.6 Å². The molecule has 0 aliphatic rings. The summed E-state index contributed by atoms with van der Waals surface area (Å²) in [6, 6.07) is 4.47. The first kappa shape index (κ1) is 15.0. The fraction of sp³-hybridized carbons (Fsp3) is 0.455. The molecule has 1 unspecified atom stereocenters. The molecule has 1 aromatic heterocycles. The third kappa shape index (κ3) is 4.29. The van der Waals surface area contributed by atoms with E-state index in [4.69, 9.17) is 5.26 Å². The summed E-state index contributed by atoms with van der Waals surface area (Å²) in [5, 5.41) is 8.59. The number of sulfonamides is 1. The molecule has 98 valence electrons. The van der Waals surface area contributed by atoms with E-state index < -0.39 is 10.0 Å². The Morgan fingerprint density at radius 2 is 2.28 bits per heavy atom. The number of hydrogen-bond acceptors (Lipinski definition) is 5. The third-order valence-electron chi connectivity index (χ3n) is 2.09. The van der Waals surface area contributed by atoms with Gasteiger partial charge in [0.25, 0.3) is 0 Å². The molecule has 5 nitrogen and oxygen atoms in total. The van der Waals surface area contributed by atoms with Gasteiger partial charge in [0.2, 0.25) is 10.0 Å². The molecule has 0 fully saturated rings. The van der Waals surface area contributed by atoms with Crippen LogP contribution in [0.1, 0.15) is 19.5 Å². The van der Waals surface area contributed by atoms with Gasteiger partial charge in [-0.05, 0) is 24.8 Å². The first-order valence-electron chi connectivity index (χ1n) is 5.46. The molecular weight excluding hydrogens is 270 g/mol. The summed E-state index contributed by atoms with van der Waals surface area (Å²) >= 11 is 1.67. The van der Waals surface area contributed by atoms with Crippen molar-refractivity contribution in [2.45, 2.75) is 24.8 Å². The summed E-state index contributed by atoms with van der Waals surface area (Å²) in [5.74, 6) is 1.67. The van der Waals surface area contributed by atoms with Gasteiger partial charge in [-0.1, -0.05) is 6.92 Å². The lowest BCUT2D eigenvalue weighted by atomic mass is 10.4. The molecule has 0 bridgehead atoms. The zero-order valence-corrected chi connectivity index (χ0v) is 11.9. The lowest BCUT2D eigenvalue weighted by Crippen LogP contribution is -2.34. The lowest BCUT2D eigenvalue weighted by Gasteiger charge is -2.13. The van der Waals surface area contributed by atoms with E-state index in [0.29, 0.717) is 0 Å². The number of hydrogen-bond donors (Lipinski definition) is 1. The molecular formula is C11H15N3O2S2. The van der Waals surface area contributed by atoms with Crippen LogP contribution in [0.25, 0.3) is 0 Å². The van der Waals surface area contributed by atoms with Gasteiger partial charge < -0.3 is 0 Å². The SMILES string of the molecule is CCSCC(C)NS(=O)(=O)c1ccc(C#N)nc1. The quantitative estimate of drug-likeness (QED) is 0.853. The maximum atomic E-state index is 12.0. The highest BCUT2D eigenvalue weighted by molar-refractivity contribution is 7.99. The van der Waals surface area contributed by atoms with E-state index in [1.54, 1.807) is 11.8 Å². The van der Waals surface area contributed by atoms with Crippen LogP contribution in [0.4, 0.5) is 0 Å². The first-order valence-corrected chi connectivity index (χ1v) is 8.09. The predicted octanol–water partition coefficient (Wildman–Crippen LogP) is 1.37. The van der Waals surface area contributed by atoms with E-state index in [9.17, 15) is 8.42 Å². The Morgan fingerprint density at radius 1 is 1.56 bits per heavy atom. The van der Waals surface area contributed by atoms with E-state index in [0.717, 1.165) is 11.5 Å². The van der Waals surface area contributed by atoms with Gasteiger partial charge >= 0.3 is 0 Å². The van der Waals surface area contributed by atoms with Crippen molar-refractivity contribution >= 4 is 21.8 Å². The Balaban J connectivity index is 2.76. The normalized spacial score (nSPS) is 12.9. The van der Waals surface area contributed by atoms with Gasteiger partial charge in [-0.25, -0.2) is 18.1 Å². The van der Waals surface area contributed by atoms with Crippen molar-refractivity contribution in [3.8, 4) is 6.07 Å². The standard InChI is InChI=1S/C11H15N3O2S2/c1-3-17-8-9(2)14-18(15,16)11-5-4-10(6-12)13-7-11/h4-5,7,9,14H,3,8H2,1-2H3. The molecule has 0 aliphatic heterocycles.